The molecule has 1 unspecified atom stereocenters. The third-order valence-corrected chi connectivity index (χ3v) is 4.46. The van der Waals surface area contributed by atoms with Gasteiger partial charge in [0.15, 0.2) is 6.10 Å². The van der Waals surface area contributed by atoms with Gasteiger partial charge < -0.3 is 9.84 Å². The molecule has 144 valence electrons. The SMILES string of the molecule is CC1=NN(C(=O)C(C)Oc2ccc(C)cc2C)C(=O)/C1=C\c1ccc(O)cc1. The van der Waals surface area contributed by atoms with E-state index in [2.05, 4.69) is 5.10 Å². The van der Waals surface area contributed by atoms with E-state index in [1.807, 2.05) is 32.0 Å². The van der Waals surface area contributed by atoms with Crippen molar-refractivity contribution in [3.8, 4) is 11.5 Å². The molecule has 1 aliphatic rings. The van der Waals surface area contributed by atoms with Crippen LogP contribution in [0, 0.1) is 13.8 Å². The van der Waals surface area contributed by atoms with Gasteiger partial charge in [-0.2, -0.15) is 10.1 Å². The van der Waals surface area contributed by atoms with Crippen molar-refractivity contribution < 1.29 is 19.4 Å². The largest absolute Gasteiger partial charge is 0.508 e. The van der Waals surface area contributed by atoms with E-state index in [9.17, 15) is 14.7 Å². The highest BCUT2D eigenvalue weighted by atomic mass is 16.5. The number of nitrogens with zero attached hydrogens (tertiary/aromatic N) is 2. The number of aromatic hydroxyl groups is 1. The molecule has 6 heteroatoms. The third kappa shape index (κ3) is 3.96. The van der Waals surface area contributed by atoms with E-state index in [4.69, 9.17) is 4.74 Å². The van der Waals surface area contributed by atoms with Crippen molar-refractivity contribution >= 4 is 23.6 Å². The van der Waals surface area contributed by atoms with Gasteiger partial charge in [0.05, 0.1) is 11.3 Å². The Morgan fingerprint density at radius 3 is 2.46 bits per heavy atom. The first-order valence-electron chi connectivity index (χ1n) is 8.95. The van der Waals surface area contributed by atoms with Crippen molar-refractivity contribution in [2.24, 2.45) is 5.10 Å². The van der Waals surface area contributed by atoms with Crippen LogP contribution in [-0.4, -0.2) is 33.7 Å². The lowest BCUT2D eigenvalue weighted by Gasteiger charge is -2.18. The van der Waals surface area contributed by atoms with Gasteiger partial charge in [-0.05, 0) is 63.1 Å². The number of rotatable bonds is 4. The van der Waals surface area contributed by atoms with E-state index in [1.54, 1.807) is 32.1 Å². The Balaban J connectivity index is 1.77. The van der Waals surface area contributed by atoms with Crippen LogP contribution in [-0.2, 0) is 9.59 Å². The summed E-state index contributed by atoms with van der Waals surface area (Å²) >= 11 is 0. The minimum Gasteiger partial charge on any atom is -0.508 e. The first-order valence-corrected chi connectivity index (χ1v) is 8.95. The van der Waals surface area contributed by atoms with Crippen LogP contribution in [0.2, 0.25) is 0 Å². The van der Waals surface area contributed by atoms with Crippen molar-refractivity contribution in [3.63, 3.8) is 0 Å². The van der Waals surface area contributed by atoms with Crippen LogP contribution >= 0.6 is 0 Å². The Kier molecular flexibility index (Phi) is 5.31. The van der Waals surface area contributed by atoms with Crippen LogP contribution < -0.4 is 4.74 Å². The fraction of sp³-hybridized carbons (Fsp3) is 0.227. The molecule has 0 aromatic heterocycles. The zero-order chi connectivity index (χ0) is 20.4. The van der Waals surface area contributed by atoms with Crippen LogP contribution in [0.25, 0.3) is 6.08 Å². The summed E-state index contributed by atoms with van der Waals surface area (Å²) in [4.78, 5) is 25.5. The van der Waals surface area contributed by atoms with Crippen molar-refractivity contribution in [1.82, 2.24) is 5.01 Å². The maximum Gasteiger partial charge on any atom is 0.290 e. The number of hydrazone groups is 1. The van der Waals surface area contributed by atoms with Crippen molar-refractivity contribution in [1.29, 1.82) is 0 Å². The molecular formula is C22H22N2O4. The number of ether oxygens (including phenoxy) is 1. The number of amides is 2. The number of hydrogen-bond acceptors (Lipinski definition) is 5. The number of imide groups is 1. The molecule has 2 aromatic rings. The highest BCUT2D eigenvalue weighted by Gasteiger charge is 2.35. The van der Waals surface area contributed by atoms with Gasteiger partial charge >= 0.3 is 0 Å². The second-order valence-electron chi connectivity index (χ2n) is 6.82. The summed E-state index contributed by atoms with van der Waals surface area (Å²) in [6.45, 7) is 7.16. The van der Waals surface area contributed by atoms with Gasteiger partial charge in [0.25, 0.3) is 11.8 Å². The normalized spacial score (nSPS) is 16.3. The van der Waals surface area contributed by atoms with Crippen LogP contribution in [0.1, 0.15) is 30.5 Å². The quantitative estimate of drug-likeness (QED) is 0.825. The molecule has 0 spiro atoms. The highest BCUT2D eigenvalue weighted by Crippen LogP contribution is 2.23. The first-order chi connectivity index (χ1) is 13.3. The molecule has 28 heavy (non-hydrogen) atoms. The van der Waals surface area contributed by atoms with Gasteiger partial charge in [0.2, 0.25) is 0 Å². The lowest BCUT2D eigenvalue weighted by Crippen LogP contribution is -2.39. The monoisotopic (exact) mass is 378 g/mol. The third-order valence-electron chi connectivity index (χ3n) is 4.46. The fourth-order valence-corrected chi connectivity index (χ4v) is 2.92. The number of carbonyl (C=O) groups is 2. The number of phenolic OH excluding ortho intramolecular Hbond substituents is 1. The zero-order valence-corrected chi connectivity index (χ0v) is 16.3. The van der Waals surface area contributed by atoms with Crippen LogP contribution in [0.3, 0.4) is 0 Å². The molecule has 2 amide bonds. The summed E-state index contributed by atoms with van der Waals surface area (Å²) in [6.07, 6.45) is 0.777. The molecule has 0 fully saturated rings. The molecule has 1 N–H and O–H groups in total. The maximum absolute atomic E-state index is 12.7. The Morgan fingerprint density at radius 2 is 1.82 bits per heavy atom. The number of benzene rings is 2. The topological polar surface area (TPSA) is 79.2 Å². The number of phenols is 1. The molecule has 6 nitrogen and oxygen atoms in total. The lowest BCUT2D eigenvalue weighted by molar-refractivity contribution is -0.146. The highest BCUT2D eigenvalue weighted by molar-refractivity contribution is 6.29. The molecule has 1 heterocycles. The molecule has 3 rings (SSSR count). The van der Waals surface area contributed by atoms with Gasteiger partial charge in [-0.25, -0.2) is 0 Å². The molecule has 0 aliphatic carbocycles. The molecule has 0 saturated heterocycles. The molecule has 2 aromatic carbocycles. The summed E-state index contributed by atoms with van der Waals surface area (Å²) in [5.41, 5.74) is 3.52. The number of aryl methyl sites for hydroxylation is 2. The van der Waals surface area contributed by atoms with Crippen molar-refractivity contribution in [3.05, 3.63) is 64.7 Å². The Hall–Kier alpha value is -3.41. The molecule has 0 saturated carbocycles. The van der Waals surface area contributed by atoms with E-state index in [1.165, 1.54) is 12.1 Å². The summed E-state index contributed by atoms with van der Waals surface area (Å²) in [7, 11) is 0. The van der Waals surface area contributed by atoms with Crippen molar-refractivity contribution in [2.45, 2.75) is 33.8 Å². The summed E-state index contributed by atoms with van der Waals surface area (Å²) in [5, 5.41) is 14.3. The Morgan fingerprint density at radius 1 is 1.14 bits per heavy atom. The standard InChI is InChI=1S/C22H22N2O4/c1-13-5-10-20(14(2)11-13)28-16(4)21(26)24-22(27)19(15(3)23-24)12-17-6-8-18(25)9-7-17/h5-12,16,25H,1-4H3/b19-12-. The van der Waals surface area contributed by atoms with Crippen LogP contribution in [0.5, 0.6) is 11.5 Å². The molecule has 1 aliphatic heterocycles. The van der Waals surface area contributed by atoms with E-state index >= 15 is 0 Å². The summed E-state index contributed by atoms with van der Waals surface area (Å²) in [5.74, 6) is -0.289. The predicted octanol–water partition coefficient (Wildman–Crippen LogP) is 3.60. The van der Waals surface area contributed by atoms with E-state index in [-0.39, 0.29) is 5.75 Å². The minimum atomic E-state index is -0.866. The van der Waals surface area contributed by atoms with E-state index < -0.39 is 17.9 Å². The Labute approximate surface area is 163 Å². The Bertz CT molecular complexity index is 990. The predicted molar refractivity (Wildman–Crippen MR) is 107 cm³/mol. The number of carbonyl (C=O) groups excluding carboxylic acids is 2. The van der Waals surface area contributed by atoms with Gasteiger partial charge in [0, 0.05) is 0 Å². The molecule has 1 atom stereocenters. The second-order valence-corrected chi connectivity index (χ2v) is 6.82. The summed E-state index contributed by atoms with van der Waals surface area (Å²) < 4.78 is 5.76. The lowest BCUT2D eigenvalue weighted by atomic mass is 10.1. The maximum atomic E-state index is 12.7. The minimum absolute atomic E-state index is 0.138. The van der Waals surface area contributed by atoms with Crippen molar-refractivity contribution in [2.75, 3.05) is 0 Å². The fourth-order valence-electron chi connectivity index (χ4n) is 2.92. The average Bonchev–Trinajstić information content (AvgIpc) is 2.93. The molecule has 0 radical (unpaired) electrons. The van der Waals surface area contributed by atoms with Crippen LogP contribution in [0.4, 0.5) is 0 Å². The van der Waals surface area contributed by atoms with Gasteiger partial charge in [-0.15, -0.1) is 0 Å². The van der Waals surface area contributed by atoms with Gasteiger partial charge in [-0.3, -0.25) is 9.59 Å². The van der Waals surface area contributed by atoms with Crippen LogP contribution in [0.15, 0.2) is 53.1 Å². The van der Waals surface area contributed by atoms with Gasteiger partial charge in [-0.1, -0.05) is 29.8 Å². The zero-order valence-electron chi connectivity index (χ0n) is 16.3. The van der Waals surface area contributed by atoms with E-state index in [0.29, 0.717) is 17.0 Å². The smallest absolute Gasteiger partial charge is 0.290 e. The van der Waals surface area contributed by atoms with E-state index in [0.717, 1.165) is 21.7 Å². The molecular weight excluding hydrogens is 356 g/mol. The first kappa shape index (κ1) is 19.4. The molecule has 0 bridgehead atoms. The van der Waals surface area contributed by atoms with Gasteiger partial charge in [0.1, 0.15) is 11.5 Å². The average molecular weight is 378 g/mol. The second kappa shape index (κ2) is 7.68. The summed E-state index contributed by atoms with van der Waals surface area (Å²) in [6, 6.07) is 12.1. The number of hydrogen-bond donors (Lipinski definition) is 1.